The second-order valence-electron chi connectivity index (χ2n) is 6.23. The van der Waals surface area contributed by atoms with E-state index < -0.39 is 24.0 Å². The van der Waals surface area contributed by atoms with Crippen LogP contribution in [0.3, 0.4) is 0 Å². The van der Waals surface area contributed by atoms with Crippen LogP contribution in [0.2, 0.25) is 0 Å². The number of imidazole rings is 1. The van der Waals surface area contributed by atoms with E-state index in [0.717, 1.165) is 0 Å². The minimum absolute atomic E-state index is 0.202. The number of aromatic amines is 1. The van der Waals surface area contributed by atoms with Crippen molar-refractivity contribution in [2.24, 2.45) is 0 Å². The molecule has 5 nitrogen and oxygen atoms in total. The molecule has 1 aliphatic heterocycles. The summed E-state index contributed by atoms with van der Waals surface area (Å²) in [5, 5.41) is 0. The quantitative estimate of drug-likeness (QED) is 0.883. The largest absolute Gasteiger partial charge is 0.526 e. The summed E-state index contributed by atoms with van der Waals surface area (Å²) in [6, 6.07) is 3.36. The molecular formula is C15H18BFN2O3. The fraction of sp³-hybridized carbons (Fsp3) is 0.400. The molecule has 1 N–H and O–H groups in total. The van der Waals surface area contributed by atoms with Crippen molar-refractivity contribution >= 4 is 12.7 Å². The van der Waals surface area contributed by atoms with Gasteiger partial charge in [-0.15, -0.1) is 0 Å². The predicted molar refractivity (Wildman–Crippen MR) is 80.5 cm³/mol. The zero-order valence-electron chi connectivity index (χ0n) is 13.0. The average molecular weight is 304 g/mol. The van der Waals surface area contributed by atoms with E-state index in [9.17, 15) is 0 Å². The van der Waals surface area contributed by atoms with Crippen LogP contribution in [0, 0.1) is 0 Å². The second-order valence-corrected chi connectivity index (χ2v) is 6.23. The van der Waals surface area contributed by atoms with E-state index in [2.05, 4.69) is 9.97 Å². The van der Waals surface area contributed by atoms with E-state index in [1.807, 2.05) is 27.7 Å². The van der Waals surface area contributed by atoms with Crippen LogP contribution >= 0.6 is 0 Å². The molecule has 0 atom stereocenters. The molecule has 1 saturated heterocycles. The molecule has 3 rings (SSSR count). The van der Waals surface area contributed by atoms with Crippen molar-refractivity contribution in [3.05, 3.63) is 48.1 Å². The second kappa shape index (κ2) is 5.10. The molecule has 2 aromatic rings. The number of aromatic nitrogens is 2. The Kier molecular flexibility index (Phi) is 3.49. The summed E-state index contributed by atoms with van der Waals surface area (Å²) >= 11 is 0. The number of nitrogens with zero attached hydrogens (tertiary/aromatic N) is 1. The van der Waals surface area contributed by atoms with Crippen LogP contribution < -0.4 is 0 Å². The first-order valence-corrected chi connectivity index (χ1v) is 7.11. The zero-order chi connectivity index (χ0) is 16.0. The van der Waals surface area contributed by atoms with Crippen molar-refractivity contribution in [2.75, 3.05) is 0 Å². The molecule has 22 heavy (non-hydrogen) atoms. The summed E-state index contributed by atoms with van der Waals surface area (Å²) in [6.07, 6.45) is 4.65. The van der Waals surface area contributed by atoms with Gasteiger partial charge in [0.15, 0.2) is 0 Å². The van der Waals surface area contributed by atoms with Crippen molar-refractivity contribution in [2.45, 2.75) is 38.9 Å². The van der Waals surface area contributed by atoms with Crippen molar-refractivity contribution in [1.29, 1.82) is 0 Å². The normalized spacial score (nSPS) is 21.0. The summed E-state index contributed by atoms with van der Waals surface area (Å²) in [7, 11) is -1.10. The molecule has 3 heterocycles. The highest BCUT2D eigenvalue weighted by Crippen LogP contribution is 2.40. The Labute approximate surface area is 128 Å². The third-order valence-electron chi connectivity index (χ3n) is 4.20. The third-order valence-corrected chi connectivity index (χ3v) is 4.20. The fourth-order valence-corrected chi connectivity index (χ4v) is 2.23. The zero-order valence-corrected chi connectivity index (χ0v) is 13.0. The molecular weight excluding hydrogens is 286 g/mol. The Morgan fingerprint density at radius 1 is 1.23 bits per heavy atom. The SMILES string of the molecule is CC1(C)OB(C(F)=C(c2ncc[nH]2)c2ccco2)OC1(C)C. The Bertz CT molecular complexity index is 625. The fourth-order valence-electron chi connectivity index (χ4n) is 2.23. The van der Waals surface area contributed by atoms with Gasteiger partial charge in [0.1, 0.15) is 17.3 Å². The lowest BCUT2D eigenvalue weighted by atomic mass is 9.83. The molecule has 0 radical (unpaired) electrons. The van der Waals surface area contributed by atoms with E-state index in [1.54, 1.807) is 24.5 Å². The van der Waals surface area contributed by atoms with Gasteiger partial charge in [-0.2, -0.15) is 0 Å². The Morgan fingerprint density at radius 2 is 1.91 bits per heavy atom. The van der Waals surface area contributed by atoms with Gasteiger partial charge in [0.05, 0.1) is 23.0 Å². The third kappa shape index (κ3) is 2.40. The van der Waals surface area contributed by atoms with Gasteiger partial charge in [-0.05, 0) is 39.8 Å². The van der Waals surface area contributed by atoms with E-state index >= 15 is 4.39 Å². The number of furan rings is 1. The van der Waals surface area contributed by atoms with Gasteiger partial charge in [-0.3, -0.25) is 0 Å². The van der Waals surface area contributed by atoms with E-state index in [0.29, 0.717) is 11.6 Å². The number of nitrogens with one attached hydrogen (secondary N) is 1. The van der Waals surface area contributed by atoms with Gasteiger partial charge in [-0.25, -0.2) is 9.37 Å². The van der Waals surface area contributed by atoms with E-state index in [1.165, 1.54) is 6.26 Å². The summed E-state index contributed by atoms with van der Waals surface area (Å²) in [4.78, 5) is 7.00. The minimum atomic E-state index is -1.10. The van der Waals surface area contributed by atoms with Crippen molar-refractivity contribution in [1.82, 2.24) is 9.97 Å². The van der Waals surface area contributed by atoms with Crippen LogP contribution in [-0.2, 0) is 9.31 Å². The lowest BCUT2D eigenvalue weighted by Crippen LogP contribution is -2.41. The van der Waals surface area contributed by atoms with Gasteiger partial charge in [0, 0.05) is 12.4 Å². The van der Waals surface area contributed by atoms with Crippen molar-refractivity contribution < 1.29 is 18.1 Å². The molecule has 7 heteroatoms. The topological polar surface area (TPSA) is 60.3 Å². The van der Waals surface area contributed by atoms with Crippen molar-refractivity contribution in [3.8, 4) is 0 Å². The molecule has 0 aromatic carbocycles. The monoisotopic (exact) mass is 304 g/mol. The molecule has 0 aliphatic carbocycles. The van der Waals surface area contributed by atoms with E-state index in [-0.39, 0.29) is 5.57 Å². The Balaban J connectivity index is 2.05. The first-order chi connectivity index (χ1) is 10.3. The number of hydrogen-bond donors (Lipinski definition) is 1. The molecule has 2 aromatic heterocycles. The molecule has 0 spiro atoms. The summed E-state index contributed by atoms with van der Waals surface area (Å²) in [5.41, 5.74) is -1.60. The smallest absolute Gasteiger partial charge is 0.464 e. The molecule has 0 amide bonds. The van der Waals surface area contributed by atoms with Crippen LogP contribution in [0.1, 0.15) is 39.3 Å². The maximum absolute atomic E-state index is 15.1. The van der Waals surface area contributed by atoms with Gasteiger partial charge in [-0.1, -0.05) is 0 Å². The van der Waals surface area contributed by atoms with Crippen LogP contribution in [0.15, 0.2) is 40.9 Å². The van der Waals surface area contributed by atoms with E-state index in [4.69, 9.17) is 13.7 Å². The summed E-state index contributed by atoms with van der Waals surface area (Å²) in [6.45, 7) is 7.50. The molecule has 0 bridgehead atoms. The highest BCUT2D eigenvalue weighted by molar-refractivity contribution is 6.55. The molecule has 1 fully saturated rings. The van der Waals surface area contributed by atoms with Gasteiger partial charge >= 0.3 is 7.12 Å². The average Bonchev–Trinajstić information content (AvgIpc) is 3.13. The lowest BCUT2D eigenvalue weighted by molar-refractivity contribution is 0.00578. The summed E-state index contributed by atoms with van der Waals surface area (Å²) < 4.78 is 32.0. The van der Waals surface area contributed by atoms with Crippen LogP contribution in [0.5, 0.6) is 0 Å². The maximum atomic E-state index is 15.1. The van der Waals surface area contributed by atoms with Gasteiger partial charge in [0.2, 0.25) is 0 Å². The Hall–Kier alpha value is -1.86. The first kappa shape index (κ1) is 15.1. The summed E-state index contributed by atoms with van der Waals surface area (Å²) in [5.74, 6) is 0.726. The molecule has 0 saturated carbocycles. The molecule has 1 aliphatic rings. The first-order valence-electron chi connectivity index (χ1n) is 7.11. The van der Waals surface area contributed by atoms with Gasteiger partial charge < -0.3 is 18.7 Å². The number of H-pyrrole nitrogens is 1. The van der Waals surface area contributed by atoms with Crippen LogP contribution in [-0.4, -0.2) is 28.3 Å². The lowest BCUT2D eigenvalue weighted by Gasteiger charge is -2.32. The minimum Gasteiger partial charge on any atom is -0.464 e. The highest BCUT2D eigenvalue weighted by Gasteiger charge is 2.54. The number of rotatable bonds is 3. The standard InChI is InChI=1S/C15H18BFN2O3/c1-14(2)15(3,4)22-16(21-14)12(17)11(10-6-5-9-20-10)13-18-7-8-19-13/h5-9H,1-4H3,(H,18,19). The maximum Gasteiger partial charge on any atom is 0.526 e. The number of halogens is 1. The molecule has 116 valence electrons. The van der Waals surface area contributed by atoms with Gasteiger partial charge in [0.25, 0.3) is 0 Å². The van der Waals surface area contributed by atoms with Crippen molar-refractivity contribution in [3.63, 3.8) is 0 Å². The Morgan fingerprint density at radius 3 is 2.41 bits per heavy atom. The number of hydrogen-bond acceptors (Lipinski definition) is 4. The predicted octanol–water partition coefficient (Wildman–Crippen LogP) is 3.36. The molecule has 0 unspecified atom stereocenters. The van der Waals surface area contributed by atoms with Crippen LogP contribution in [0.4, 0.5) is 4.39 Å². The highest BCUT2D eigenvalue weighted by atomic mass is 19.1. The van der Waals surface area contributed by atoms with Crippen LogP contribution in [0.25, 0.3) is 5.57 Å².